The third kappa shape index (κ3) is 3.72. The average Bonchev–Trinajstić information content (AvgIpc) is 2.90. The van der Waals surface area contributed by atoms with Gasteiger partial charge in [0.25, 0.3) is 11.8 Å². The quantitative estimate of drug-likeness (QED) is 0.600. The average molecular weight is 345 g/mol. The summed E-state index contributed by atoms with van der Waals surface area (Å²) in [6, 6.07) is 5.83. The number of fused-ring (bicyclic) bond motifs is 1. The Morgan fingerprint density at radius 3 is 2.36 bits per heavy atom. The minimum atomic E-state index is -0.823. The zero-order chi connectivity index (χ0) is 17.8. The van der Waals surface area contributed by atoms with Crippen LogP contribution in [0.2, 0.25) is 0 Å². The maximum Gasteiger partial charge on any atom is 0.262 e. The SMILES string of the molecule is C[C@H](C(=O)NCCCN1CCOCC1)N1C(=O)c2ccccc2C1=O. The molecule has 25 heavy (non-hydrogen) atoms. The van der Waals surface area contributed by atoms with E-state index in [2.05, 4.69) is 10.2 Å². The molecule has 7 heteroatoms. The Morgan fingerprint density at radius 2 is 1.76 bits per heavy atom. The topological polar surface area (TPSA) is 79.0 Å². The number of amides is 3. The van der Waals surface area contributed by atoms with Crippen LogP contribution in [0.25, 0.3) is 0 Å². The smallest absolute Gasteiger partial charge is 0.262 e. The van der Waals surface area contributed by atoms with Gasteiger partial charge in [-0.3, -0.25) is 24.2 Å². The molecule has 134 valence electrons. The van der Waals surface area contributed by atoms with Crippen molar-refractivity contribution >= 4 is 17.7 Å². The second kappa shape index (κ2) is 7.76. The molecule has 1 aromatic rings. The number of ether oxygens (including phenoxy) is 1. The highest BCUT2D eigenvalue weighted by Crippen LogP contribution is 2.24. The van der Waals surface area contributed by atoms with Crippen LogP contribution in [0.5, 0.6) is 0 Å². The number of carbonyl (C=O) groups excluding carboxylic acids is 3. The highest BCUT2D eigenvalue weighted by Gasteiger charge is 2.40. The van der Waals surface area contributed by atoms with E-state index in [0.717, 1.165) is 44.2 Å². The lowest BCUT2D eigenvalue weighted by Gasteiger charge is -2.26. The van der Waals surface area contributed by atoms with Crippen molar-refractivity contribution in [1.29, 1.82) is 0 Å². The predicted molar refractivity (Wildman–Crippen MR) is 91.3 cm³/mol. The fraction of sp³-hybridized carbons (Fsp3) is 0.500. The van der Waals surface area contributed by atoms with Gasteiger partial charge in [-0.15, -0.1) is 0 Å². The first-order chi connectivity index (χ1) is 12.1. The van der Waals surface area contributed by atoms with Gasteiger partial charge in [0.1, 0.15) is 6.04 Å². The second-order valence-electron chi connectivity index (χ2n) is 6.30. The van der Waals surface area contributed by atoms with Gasteiger partial charge in [-0.05, 0) is 32.0 Å². The Hall–Kier alpha value is -2.25. The summed E-state index contributed by atoms with van der Waals surface area (Å²) in [6.45, 7) is 6.33. The van der Waals surface area contributed by atoms with Crippen molar-refractivity contribution in [2.45, 2.75) is 19.4 Å². The number of nitrogens with one attached hydrogen (secondary N) is 1. The summed E-state index contributed by atoms with van der Waals surface area (Å²) in [5.41, 5.74) is 0.721. The Balaban J connectivity index is 1.49. The molecule has 3 amide bonds. The van der Waals surface area contributed by atoms with Crippen molar-refractivity contribution in [1.82, 2.24) is 15.1 Å². The number of carbonyl (C=O) groups is 3. The van der Waals surface area contributed by atoms with Crippen LogP contribution in [-0.2, 0) is 9.53 Å². The van der Waals surface area contributed by atoms with Gasteiger partial charge in [0.15, 0.2) is 0 Å². The Bertz CT molecular complexity index is 635. The number of benzene rings is 1. The number of morpholine rings is 1. The zero-order valence-corrected chi connectivity index (χ0v) is 14.4. The van der Waals surface area contributed by atoms with Gasteiger partial charge in [-0.1, -0.05) is 12.1 Å². The zero-order valence-electron chi connectivity index (χ0n) is 14.4. The van der Waals surface area contributed by atoms with E-state index in [-0.39, 0.29) is 5.91 Å². The van der Waals surface area contributed by atoms with Gasteiger partial charge >= 0.3 is 0 Å². The molecule has 1 atom stereocenters. The lowest BCUT2D eigenvalue weighted by molar-refractivity contribution is -0.124. The van der Waals surface area contributed by atoms with Crippen LogP contribution in [0.1, 0.15) is 34.1 Å². The van der Waals surface area contributed by atoms with Crippen molar-refractivity contribution in [3.63, 3.8) is 0 Å². The molecule has 0 saturated carbocycles. The third-order valence-electron chi connectivity index (χ3n) is 4.65. The summed E-state index contributed by atoms with van der Waals surface area (Å²) in [5, 5.41) is 2.82. The first kappa shape index (κ1) is 17.6. The monoisotopic (exact) mass is 345 g/mol. The van der Waals surface area contributed by atoms with Crippen LogP contribution < -0.4 is 5.32 Å². The molecular weight excluding hydrogens is 322 g/mol. The highest BCUT2D eigenvalue weighted by molar-refractivity contribution is 6.22. The maximum absolute atomic E-state index is 12.4. The van der Waals surface area contributed by atoms with E-state index in [1.54, 1.807) is 31.2 Å². The molecule has 1 saturated heterocycles. The lowest BCUT2D eigenvalue weighted by atomic mass is 10.1. The molecule has 1 N–H and O–H groups in total. The fourth-order valence-electron chi connectivity index (χ4n) is 3.16. The Kier molecular flexibility index (Phi) is 5.45. The van der Waals surface area contributed by atoms with Gasteiger partial charge in [-0.2, -0.15) is 0 Å². The van der Waals surface area contributed by atoms with E-state index >= 15 is 0 Å². The van der Waals surface area contributed by atoms with Gasteiger partial charge in [0, 0.05) is 19.6 Å². The first-order valence-electron chi connectivity index (χ1n) is 8.64. The standard InChI is InChI=1S/C18H23N3O4/c1-13(16(22)19-7-4-8-20-9-11-25-12-10-20)21-17(23)14-5-2-3-6-15(14)18(21)24/h2-3,5-6,13H,4,7-12H2,1H3,(H,19,22)/t13-/m1/s1. The van der Waals surface area contributed by atoms with Gasteiger partial charge < -0.3 is 10.1 Å². The normalized spacial score (nSPS) is 19.0. The van der Waals surface area contributed by atoms with E-state index in [9.17, 15) is 14.4 Å². The molecule has 0 unspecified atom stereocenters. The van der Waals surface area contributed by atoms with Crippen molar-refractivity contribution in [3.8, 4) is 0 Å². The molecule has 2 heterocycles. The number of hydrogen-bond acceptors (Lipinski definition) is 5. The van der Waals surface area contributed by atoms with Crippen molar-refractivity contribution in [2.24, 2.45) is 0 Å². The van der Waals surface area contributed by atoms with Crippen LogP contribution in [-0.4, -0.2) is 73.0 Å². The van der Waals surface area contributed by atoms with Crippen LogP contribution in [0, 0.1) is 0 Å². The number of hydrogen-bond donors (Lipinski definition) is 1. The largest absolute Gasteiger partial charge is 0.379 e. The summed E-state index contributed by atoms with van der Waals surface area (Å²) in [4.78, 5) is 40.5. The molecule has 2 aliphatic heterocycles. The van der Waals surface area contributed by atoms with E-state index in [1.807, 2.05) is 0 Å². The summed E-state index contributed by atoms with van der Waals surface area (Å²) < 4.78 is 5.30. The minimum absolute atomic E-state index is 0.309. The van der Waals surface area contributed by atoms with E-state index in [1.165, 1.54) is 0 Å². The third-order valence-corrected chi connectivity index (χ3v) is 4.65. The summed E-state index contributed by atoms with van der Waals surface area (Å²) in [6.07, 6.45) is 0.820. The van der Waals surface area contributed by atoms with E-state index < -0.39 is 17.9 Å². The molecule has 0 bridgehead atoms. The molecule has 3 rings (SSSR count). The first-order valence-corrected chi connectivity index (χ1v) is 8.64. The molecular formula is C18H23N3O4. The molecule has 0 aromatic heterocycles. The molecule has 0 aliphatic carbocycles. The van der Waals surface area contributed by atoms with Crippen LogP contribution >= 0.6 is 0 Å². The minimum Gasteiger partial charge on any atom is -0.379 e. The maximum atomic E-state index is 12.4. The molecule has 0 radical (unpaired) electrons. The fourth-order valence-corrected chi connectivity index (χ4v) is 3.16. The summed E-state index contributed by atoms with van der Waals surface area (Å²) in [5.74, 6) is -1.12. The van der Waals surface area contributed by atoms with Gasteiger partial charge in [0.2, 0.25) is 5.91 Å². The van der Waals surface area contributed by atoms with E-state index in [4.69, 9.17) is 4.74 Å². The van der Waals surface area contributed by atoms with Crippen LogP contribution in [0.15, 0.2) is 24.3 Å². The number of imide groups is 1. The van der Waals surface area contributed by atoms with Crippen LogP contribution in [0.4, 0.5) is 0 Å². The van der Waals surface area contributed by atoms with E-state index in [0.29, 0.717) is 17.7 Å². The molecule has 2 aliphatic rings. The second-order valence-corrected chi connectivity index (χ2v) is 6.30. The molecule has 0 spiro atoms. The van der Waals surface area contributed by atoms with Crippen molar-refractivity contribution in [3.05, 3.63) is 35.4 Å². The van der Waals surface area contributed by atoms with Gasteiger partial charge in [-0.25, -0.2) is 0 Å². The van der Waals surface area contributed by atoms with Gasteiger partial charge in [0.05, 0.1) is 24.3 Å². The molecule has 7 nitrogen and oxygen atoms in total. The summed E-state index contributed by atoms with van der Waals surface area (Å²) in [7, 11) is 0. The Morgan fingerprint density at radius 1 is 1.16 bits per heavy atom. The van der Waals surface area contributed by atoms with Crippen molar-refractivity contribution < 1.29 is 19.1 Å². The van der Waals surface area contributed by atoms with Crippen LogP contribution in [0.3, 0.4) is 0 Å². The number of nitrogens with zero attached hydrogens (tertiary/aromatic N) is 2. The molecule has 1 fully saturated rings. The lowest BCUT2D eigenvalue weighted by Crippen LogP contribution is -2.48. The summed E-state index contributed by atoms with van der Waals surface area (Å²) >= 11 is 0. The predicted octanol–water partition coefficient (Wildman–Crippen LogP) is 0.510. The molecule has 1 aromatic carbocycles. The van der Waals surface area contributed by atoms with Crippen molar-refractivity contribution in [2.75, 3.05) is 39.4 Å². The number of rotatable bonds is 6. The Labute approximate surface area is 146 Å². The highest BCUT2D eigenvalue weighted by atomic mass is 16.5.